The molecular weight excluding hydrogens is 354 g/mol. The molecule has 3 aromatic rings. The highest BCUT2D eigenvalue weighted by molar-refractivity contribution is 5.91. The second-order valence-electron chi connectivity index (χ2n) is 6.40. The van der Waals surface area contributed by atoms with Crippen LogP contribution in [0.1, 0.15) is 13.8 Å². The Kier molecular flexibility index (Phi) is 6.46. The Morgan fingerprint density at radius 1 is 0.929 bits per heavy atom. The number of hydrogen-bond acceptors (Lipinski definition) is 5. The summed E-state index contributed by atoms with van der Waals surface area (Å²) in [6.45, 7) is 3.92. The lowest BCUT2D eigenvalue weighted by Crippen LogP contribution is -2.20. The van der Waals surface area contributed by atoms with Gasteiger partial charge in [-0.05, 0) is 62.4 Å². The number of nitrogens with zero attached hydrogens (tertiary/aromatic N) is 1. The minimum atomic E-state index is -0.243. The van der Waals surface area contributed by atoms with Crippen LogP contribution < -0.4 is 20.1 Å². The molecule has 2 aromatic carbocycles. The van der Waals surface area contributed by atoms with E-state index in [1.54, 1.807) is 30.5 Å². The normalized spacial score (nSPS) is 10.4. The lowest BCUT2D eigenvalue weighted by molar-refractivity contribution is -0.118. The molecule has 0 fully saturated rings. The number of rotatable bonds is 8. The largest absolute Gasteiger partial charge is 0.491 e. The first-order chi connectivity index (χ1) is 13.6. The van der Waals surface area contributed by atoms with Crippen LogP contribution in [0.15, 0.2) is 72.9 Å². The average Bonchev–Trinajstić information content (AvgIpc) is 2.70. The first kappa shape index (κ1) is 19.2. The molecule has 0 aliphatic heterocycles. The second kappa shape index (κ2) is 9.41. The van der Waals surface area contributed by atoms with Gasteiger partial charge in [0.15, 0.2) is 6.61 Å². The molecule has 0 radical (unpaired) electrons. The van der Waals surface area contributed by atoms with Crippen LogP contribution in [0, 0.1) is 0 Å². The lowest BCUT2D eigenvalue weighted by atomic mass is 10.3. The maximum Gasteiger partial charge on any atom is 0.262 e. The van der Waals surface area contributed by atoms with Gasteiger partial charge in [0.05, 0.1) is 18.0 Å². The van der Waals surface area contributed by atoms with Crippen LogP contribution in [0.25, 0.3) is 0 Å². The van der Waals surface area contributed by atoms with Gasteiger partial charge >= 0.3 is 0 Å². The van der Waals surface area contributed by atoms with Gasteiger partial charge in [0.2, 0.25) is 0 Å². The van der Waals surface area contributed by atoms with Gasteiger partial charge in [0, 0.05) is 5.69 Å². The number of nitrogens with one attached hydrogen (secondary N) is 2. The summed E-state index contributed by atoms with van der Waals surface area (Å²) < 4.78 is 11.0. The van der Waals surface area contributed by atoms with Crippen LogP contribution >= 0.6 is 0 Å². The van der Waals surface area contributed by atoms with E-state index >= 15 is 0 Å². The van der Waals surface area contributed by atoms with Gasteiger partial charge < -0.3 is 20.1 Å². The molecule has 1 amide bonds. The van der Waals surface area contributed by atoms with E-state index in [4.69, 9.17) is 9.47 Å². The zero-order valence-corrected chi connectivity index (χ0v) is 15.9. The third-order valence-corrected chi connectivity index (χ3v) is 3.66. The van der Waals surface area contributed by atoms with Crippen LogP contribution in [-0.2, 0) is 4.79 Å². The van der Waals surface area contributed by atoms with Gasteiger partial charge in [-0.25, -0.2) is 4.98 Å². The molecular formula is C22H23N3O3. The molecule has 0 saturated heterocycles. The summed E-state index contributed by atoms with van der Waals surface area (Å²) in [5, 5.41) is 5.97. The fourth-order valence-electron chi connectivity index (χ4n) is 2.44. The van der Waals surface area contributed by atoms with Crippen LogP contribution in [0.2, 0.25) is 0 Å². The lowest BCUT2D eigenvalue weighted by Gasteiger charge is -2.11. The molecule has 28 heavy (non-hydrogen) atoms. The Hall–Kier alpha value is -3.54. The van der Waals surface area contributed by atoms with Crippen LogP contribution in [-0.4, -0.2) is 23.6 Å². The van der Waals surface area contributed by atoms with E-state index in [1.807, 2.05) is 56.3 Å². The topological polar surface area (TPSA) is 72.5 Å². The number of pyridine rings is 1. The Morgan fingerprint density at radius 3 is 2.29 bits per heavy atom. The van der Waals surface area contributed by atoms with Crippen molar-refractivity contribution in [3.05, 3.63) is 72.9 Å². The highest BCUT2D eigenvalue weighted by Crippen LogP contribution is 2.20. The van der Waals surface area contributed by atoms with Gasteiger partial charge in [0.25, 0.3) is 5.91 Å². The highest BCUT2D eigenvalue weighted by Gasteiger charge is 2.05. The Bertz CT molecular complexity index is 879. The minimum Gasteiger partial charge on any atom is -0.491 e. The molecule has 6 heteroatoms. The zero-order valence-electron chi connectivity index (χ0n) is 15.9. The van der Waals surface area contributed by atoms with E-state index in [0.29, 0.717) is 17.3 Å². The van der Waals surface area contributed by atoms with Gasteiger partial charge in [-0.3, -0.25) is 4.79 Å². The monoisotopic (exact) mass is 377 g/mol. The predicted octanol–water partition coefficient (Wildman–Crippen LogP) is 4.63. The summed E-state index contributed by atoms with van der Waals surface area (Å²) in [4.78, 5) is 16.3. The summed E-state index contributed by atoms with van der Waals surface area (Å²) in [6.07, 6.45) is 1.74. The number of hydrogen-bond donors (Lipinski definition) is 2. The molecule has 0 bridgehead atoms. The highest BCUT2D eigenvalue weighted by atomic mass is 16.5. The van der Waals surface area contributed by atoms with Gasteiger partial charge in [0.1, 0.15) is 17.3 Å². The van der Waals surface area contributed by atoms with Gasteiger partial charge in [-0.1, -0.05) is 18.2 Å². The third kappa shape index (κ3) is 6.02. The summed E-state index contributed by atoms with van der Waals surface area (Å²) in [5.74, 6) is 1.91. The number of carbonyl (C=O) groups excluding carboxylic acids is 1. The molecule has 3 rings (SSSR count). The Morgan fingerprint density at radius 2 is 1.64 bits per heavy atom. The molecule has 6 nitrogen and oxygen atoms in total. The number of ether oxygens (including phenoxy) is 2. The standard InChI is InChI=1S/C22H23N3O3/c1-16(2)28-20-11-8-17(9-12-20)24-21-13-10-18(14-23-21)25-22(26)15-27-19-6-4-3-5-7-19/h3-14,16H,15H2,1-2H3,(H,23,24)(H,25,26). The van der Waals surface area contributed by atoms with Crippen molar-refractivity contribution in [1.29, 1.82) is 0 Å². The SMILES string of the molecule is CC(C)Oc1ccc(Nc2ccc(NC(=O)COc3ccccc3)cn2)cc1. The van der Waals surface area contributed by atoms with Crippen molar-refractivity contribution in [2.24, 2.45) is 0 Å². The molecule has 0 unspecified atom stereocenters. The summed E-state index contributed by atoms with van der Waals surface area (Å²) in [6, 6.07) is 20.5. The summed E-state index contributed by atoms with van der Waals surface area (Å²) in [7, 11) is 0. The molecule has 1 heterocycles. The van der Waals surface area contributed by atoms with E-state index < -0.39 is 0 Å². The number of benzene rings is 2. The molecule has 2 N–H and O–H groups in total. The van der Waals surface area contributed by atoms with E-state index in [9.17, 15) is 4.79 Å². The van der Waals surface area contributed by atoms with Crippen molar-refractivity contribution in [3.63, 3.8) is 0 Å². The first-order valence-corrected chi connectivity index (χ1v) is 9.06. The summed E-state index contributed by atoms with van der Waals surface area (Å²) >= 11 is 0. The average molecular weight is 377 g/mol. The molecule has 1 aromatic heterocycles. The molecule has 0 aliphatic rings. The van der Waals surface area contributed by atoms with Crippen LogP contribution in [0.3, 0.4) is 0 Å². The Balaban J connectivity index is 1.49. The Labute approximate surface area is 164 Å². The molecule has 0 aliphatic carbocycles. The fraction of sp³-hybridized carbons (Fsp3) is 0.182. The predicted molar refractivity (Wildman–Crippen MR) is 110 cm³/mol. The maximum atomic E-state index is 12.0. The van der Waals surface area contributed by atoms with Crippen molar-refractivity contribution in [1.82, 2.24) is 4.98 Å². The fourth-order valence-corrected chi connectivity index (χ4v) is 2.44. The number of carbonyl (C=O) groups is 1. The number of anilines is 3. The number of aromatic nitrogens is 1. The minimum absolute atomic E-state index is 0.0607. The quantitative estimate of drug-likeness (QED) is 0.599. The second-order valence-corrected chi connectivity index (χ2v) is 6.40. The number of amides is 1. The zero-order chi connectivity index (χ0) is 19.8. The maximum absolute atomic E-state index is 12.0. The summed E-state index contributed by atoms with van der Waals surface area (Å²) in [5.41, 5.74) is 1.50. The number of para-hydroxylation sites is 1. The molecule has 0 spiro atoms. The third-order valence-electron chi connectivity index (χ3n) is 3.66. The van der Waals surface area contributed by atoms with E-state index in [-0.39, 0.29) is 18.6 Å². The first-order valence-electron chi connectivity index (χ1n) is 9.06. The van der Waals surface area contributed by atoms with Gasteiger partial charge in [-0.2, -0.15) is 0 Å². The van der Waals surface area contributed by atoms with Crippen LogP contribution in [0.4, 0.5) is 17.2 Å². The molecule has 144 valence electrons. The van der Waals surface area contributed by atoms with E-state index in [0.717, 1.165) is 11.4 Å². The molecule has 0 saturated carbocycles. The van der Waals surface area contributed by atoms with Crippen molar-refractivity contribution < 1.29 is 14.3 Å². The van der Waals surface area contributed by atoms with Crippen molar-refractivity contribution in [2.45, 2.75) is 20.0 Å². The van der Waals surface area contributed by atoms with Crippen molar-refractivity contribution in [3.8, 4) is 11.5 Å². The van der Waals surface area contributed by atoms with Crippen LogP contribution in [0.5, 0.6) is 11.5 Å². The van der Waals surface area contributed by atoms with E-state index in [1.165, 1.54) is 0 Å². The van der Waals surface area contributed by atoms with E-state index in [2.05, 4.69) is 15.6 Å². The van der Waals surface area contributed by atoms with Crippen molar-refractivity contribution in [2.75, 3.05) is 17.2 Å². The molecule has 0 atom stereocenters. The van der Waals surface area contributed by atoms with Gasteiger partial charge in [-0.15, -0.1) is 0 Å². The smallest absolute Gasteiger partial charge is 0.262 e. The van der Waals surface area contributed by atoms with Crippen molar-refractivity contribution >= 4 is 23.1 Å².